The summed E-state index contributed by atoms with van der Waals surface area (Å²) in [6.07, 6.45) is 3.45. The fraction of sp³-hybridized carbons (Fsp3) is 0.310. The lowest BCUT2D eigenvalue weighted by atomic mass is 9.85. The van der Waals surface area contributed by atoms with Crippen LogP contribution in [0.2, 0.25) is 0 Å². The highest BCUT2D eigenvalue weighted by Crippen LogP contribution is 2.31. The molecule has 180 valence electrons. The largest absolute Gasteiger partial charge is 0.497 e. The highest BCUT2D eigenvalue weighted by molar-refractivity contribution is 6.17. The molecule has 0 N–H and O–H groups in total. The molecule has 6 heteroatoms. The van der Waals surface area contributed by atoms with Crippen LogP contribution >= 0.6 is 0 Å². The molecule has 0 aliphatic carbocycles. The van der Waals surface area contributed by atoms with E-state index in [1.165, 1.54) is 5.56 Å². The first-order chi connectivity index (χ1) is 16.8. The first kappa shape index (κ1) is 24.3. The highest BCUT2D eigenvalue weighted by atomic mass is 16.5. The summed E-state index contributed by atoms with van der Waals surface area (Å²) in [6, 6.07) is 18.6. The normalized spacial score (nSPS) is 14.0. The molecule has 0 fully saturated rings. The summed E-state index contributed by atoms with van der Waals surface area (Å²) >= 11 is 0. The molecule has 1 aliphatic rings. The number of Topliss-reactive ketones (excluding diaryl/α,β-unsaturated/α-hetero) is 1. The standard InChI is InChI=1S/C29H31N3O3/c1-29(2)19-22-12-13-24(35-4)17-25(22)26(31-29)18-27(33)20-8-10-21(11-9-20)28(34)32(3)16-14-23-7-5-6-15-30-23/h5-13,15,17H,14,16,18-19H2,1-4H3. The van der Waals surface area contributed by atoms with E-state index in [1.54, 1.807) is 49.5 Å². The van der Waals surface area contributed by atoms with Crippen LogP contribution in [0.1, 0.15) is 57.8 Å². The number of ether oxygens (including phenoxy) is 1. The van der Waals surface area contributed by atoms with Crippen molar-refractivity contribution < 1.29 is 14.3 Å². The van der Waals surface area contributed by atoms with Gasteiger partial charge in [0.15, 0.2) is 5.78 Å². The minimum absolute atomic E-state index is 0.0299. The van der Waals surface area contributed by atoms with Crippen LogP contribution in [0.5, 0.6) is 5.75 Å². The second-order valence-corrected chi connectivity index (χ2v) is 9.55. The number of carbonyl (C=O) groups is 2. The van der Waals surface area contributed by atoms with Crippen molar-refractivity contribution in [2.75, 3.05) is 20.7 Å². The maximum Gasteiger partial charge on any atom is 0.253 e. The third-order valence-corrected chi connectivity index (χ3v) is 6.25. The number of pyridine rings is 1. The number of nitrogens with zero attached hydrogens (tertiary/aromatic N) is 3. The van der Waals surface area contributed by atoms with Crippen LogP contribution in [0.3, 0.4) is 0 Å². The molecule has 1 aliphatic heterocycles. The van der Waals surface area contributed by atoms with Gasteiger partial charge >= 0.3 is 0 Å². The van der Waals surface area contributed by atoms with E-state index in [0.29, 0.717) is 24.1 Å². The van der Waals surface area contributed by atoms with Crippen LogP contribution in [0.15, 0.2) is 71.9 Å². The minimum Gasteiger partial charge on any atom is -0.497 e. The summed E-state index contributed by atoms with van der Waals surface area (Å²) in [4.78, 5) is 36.8. The maximum atomic E-state index is 13.1. The Morgan fingerprint density at radius 2 is 1.77 bits per heavy atom. The highest BCUT2D eigenvalue weighted by Gasteiger charge is 2.28. The molecule has 3 aromatic rings. The van der Waals surface area contributed by atoms with Gasteiger partial charge in [0.25, 0.3) is 5.91 Å². The van der Waals surface area contributed by atoms with Crippen LogP contribution in [-0.2, 0) is 12.8 Å². The van der Waals surface area contributed by atoms with Crippen molar-refractivity contribution >= 4 is 17.4 Å². The maximum absolute atomic E-state index is 13.1. The molecule has 2 aromatic carbocycles. The lowest BCUT2D eigenvalue weighted by Gasteiger charge is -2.29. The van der Waals surface area contributed by atoms with E-state index in [0.717, 1.165) is 29.1 Å². The zero-order valence-corrected chi connectivity index (χ0v) is 20.7. The van der Waals surface area contributed by atoms with Gasteiger partial charge in [-0.15, -0.1) is 0 Å². The lowest BCUT2D eigenvalue weighted by molar-refractivity contribution is 0.0795. The van der Waals surface area contributed by atoms with Crippen LogP contribution in [0.4, 0.5) is 0 Å². The molecule has 4 rings (SSSR count). The van der Waals surface area contributed by atoms with Gasteiger partial charge in [0.2, 0.25) is 0 Å². The van der Waals surface area contributed by atoms with Crippen molar-refractivity contribution in [1.82, 2.24) is 9.88 Å². The monoisotopic (exact) mass is 469 g/mol. The number of amides is 1. The third kappa shape index (κ3) is 5.83. The fourth-order valence-electron chi connectivity index (χ4n) is 4.37. The van der Waals surface area contributed by atoms with Crippen molar-refractivity contribution in [3.8, 4) is 5.75 Å². The van der Waals surface area contributed by atoms with Crippen molar-refractivity contribution in [2.45, 2.75) is 38.6 Å². The minimum atomic E-state index is -0.271. The number of aliphatic imine (C=N–C) groups is 1. The second-order valence-electron chi connectivity index (χ2n) is 9.55. The summed E-state index contributed by atoms with van der Waals surface area (Å²) < 4.78 is 5.39. The molecular weight excluding hydrogens is 438 g/mol. The first-order valence-corrected chi connectivity index (χ1v) is 11.8. The molecule has 0 saturated heterocycles. The van der Waals surface area contributed by atoms with Gasteiger partial charge in [-0.2, -0.15) is 0 Å². The summed E-state index contributed by atoms with van der Waals surface area (Å²) in [5.74, 6) is 0.635. The molecule has 35 heavy (non-hydrogen) atoms. The average molecular weight is 470 g/mol. The van der Waals surface area contributed by atoms with Crippen LogP contribution in [-0.4, -0.2) is 53.5 Å². The Kier molecular flexibility index (Phi) is 7.10. The summed E-state index contributed by atoms with van der Waals surface area (Å²) in [5, 5.41) is 0. The van der Waals surface area contributed by atoms with Gasteiger partial charge in [0, 0.05) is 48.6 Å². The van der Waals surface area contributed by atoms with Gasteiger partial charge in [0.05, 0.1) is 24.8 Å². The van der Waals surface area contributed by atoms with E-state index in [-0.39, 0.29) is 23.7 Å². The molecule has 0 saturated carbocycles. The molecule has 6 nitrogen and oxygen atoms in total. The number of ketones is 1. The van der Waals surface area contributed by atoms with Crippen molar-refractivity contribution in [2.24, 2.45) is 4.99 Å². The Labute approximate surface area is 206 Å². The average Bonchev–Trinajstić information content (AvgIpc) is 2.86. The number of aromatic nitrogens is 1. The smallest absolute Gasteiger partial charge is 0.253 e. The molecule has 1 amide bonds. The Hall–Kier alpha value is -3.80. The predicted octanol–water partition coefficient (Wildman–Crippen LogP) is 4.80. The molecule has 0 spiro atoms. The number of methoxy groups -OCH3 is 1. The number of hydrogen-bond acceptors (Lipinski definition) is 5. The topological polar surface area (TPSA) is 71.9 Å². The molecule has 0 radical (unpaired) electrons. The molecule has 0 unspecified atom stereocenters. The number of carbonyl (C=O) groups excluding carboxylic acids is 2. The summed E-state index contributed by atoms with van der Waals surface area (Å²) in [7, 11) is 3.41. The summed E-state index contributed by atoms with van der Waals surface area (Å²) in [6.45, 7) is 4.72. The Bertz CT molecular complexity index is 1250. The Morgan fingerprint density at radius 3 is 2.46 bits per heavy atom. The van der Waals surface area contributed by atoms with E-state index in [4.69, 9.17) is 9.73 Å². The SMILES string of the molecule is COc1ccc2c(c1)C(CC(=O)c1ccc(C(=O)N(C)CCc3ccccn3)cc1)=NC(C)(C)C2. The van der Waals surface area contributed by atoms with Crippen molar-refractivity contribution in [3.63, 3.8) is 0 Å². The number of fused-ring (bicyclic) bond motifs is 1. The van der Waals surface area contributed by atoms with Crippen LogP contribution in [0.25, 0.3) is 0 Å². The van der Waals surface area contributed by atoms with Gasteiger partial charge in [-0.05, 0) is 62.2 Å². The van der Waals surface area contributed by atoms with E-state index >= 15 is 0 Å². The van der Waals surface area contributed by atoms with E-state index < -0.39 is 0 Å². The Balaban J connectivity index is 1.44. The summed E-state index contributed by atoms with van der Waals surface area (Å²) in [5.41, 5.74) is 4.70. The molecule has 0 atom stereocenters. The third-order valence-electron chi connectivity index (χ3n) is 6.25. The van der Waals surface area contributed by atoms with Crippen LogP contribution in [0, 0.1) is 0 Å². The molecule has 2 heterocycles. The van der Waals surface area contributed by atoms with Gasteiger partial charge < -0.3 is 9.64 Å². The number of benzene rings is 2. The van der Waals surface area contributed by atoms with Gasteiger partial charge in [-0.25, -0.2) is 0 Å². The van der Waals surface area contributed by atoms with Crippen molar-refractivity contribution in [1.29, 1.82) is 0 Å². The lowest BCUT2D eigenvalue weighted by Crippen LogP contribution is -2.30. The molecule has 0 bridgehead atoms. The Morgan fingerprint density at radius 1 is 1.03 bits per heavy atom. The van der Waals surface area contributed by atoms with Gasteiger partial charge in [0.1, 0.15) is 5.75 Å². The fourth-order valence-corrected chi connectivity index (χ4v) is 4.37. The van der Waals surface area contributed by atoms with E-state index in [2.05, 4.69) is 24.9 Å². The van der Waals surface area contributed by atoms with Crippen molar-refractivity contribution in [3.05, 3.63) is 94.8 Å². The molecular formula is C29H31N3O3. The zero-order chi connectivity index (χ0) is 25.0. The van der Waals surface area contributed by atoms with E-state index in [1.807, 2.05) is 30.3 Å². The number of hydrogen-bond donors (Lipinski definition) is 0. The first-order valence-electron chi connectivity index (χ1n) is 11.8. The van der Waals surface area contributed by atoms with Gasteiger partial charge in [-0.1, -0.05) is 24.3 Å². The van der Waals surface area contributed by atoms with E-state index in [9.17, 15) is 9.59 Å². The van der Waals surface area contributed by atoms with Crippen LogP contribution < -0.4 is 4.74 Å². The molecule has 1 aromatic heterocycles. The predicted molar refractivity (Wildman–Crippen MR) is 138 cm³/mol. The number of rotatable bonds is 8. The van der Waals surface area contributed by atoms with Gasteiger partial charge in [-0.3, -0.25) is 19.6 Å². The zero-order valence-electron chi connectivity index (χ0n) is 20.7. The number of likely N-dealkylation sites (N-methyl/N-ethyl adjacent to an activating group) is 1. The quantitative estimate of drug-likeness (QED) is 0.444. The second kappa shape index (κ2) is 10.2.